The minimum atomic E-state index is -0.228. The van der Waals surface area contributed by atoms with Crippen molar-refractivity contribution in [3.8, 4) is 0 Å². The molecule has 3 rings (SSSR count). The number of aryl methyl sites for hydroxylation is 4. The minimum Gasteiger partial charge on any atom is -0.358 e. The van der Waals surface area contributed by atoms with Gasteiger partial charge in [0.05, 0.1) is 13.0 Å². The molecule has 5 nitrogen and oxygen atoms in total. The van der Waals surface area contributed by atoms with E-state index >= 15 is 0 Å². The van der Waals surface area contributed by atoms with Crippen LogP contribution in [0.4, 0.5) is 5.69 Å². The molecule has 0 atom stereocenters. The van der Waals surface area contributed by atoms with Crippen molar-refractivity contribution in [2.45, 2.75) is 34.1 Å². The van der Waals surface area contributed by atoms with E-state index in [0.717, 1.165) is 44.5 Å². The van der Waals surface area contributed by atoms with Gasteiger partial charge in [0.15, 0.2) is 0 Å². The molecule has 0 aliphatic rings. The first-order valence-corrected chi connectivity index (χ1v) is 9.05. The van der Waals surface area contributed by atoms with Gasteiger partial charge in [0.25, 0.3) is 0 Å². The zero-order valence-electron chi connectivity index (χ0n) is 16.2. The van der Waals surface area contributed by atoms with Crippen LogP contribution in [0.3, 0.4) is 0 Å². The molecule has 0 saturated carbocycles. The highest BCUT2D eigenvalue weighted by Gasteiger charge is 2.14. The molecule has 1 heterocycles. The zero-order chi connectivity index (χ0) is 19.6. The molecule has 3 N–H and O–H groups in total. The molecule has 0 saturated heterocycles. The second-order valence-corrected chi connectivity index (χ2v) is 7.05. The Morgan fingerprint density at radius 1 is 0.963 bits per heavy atom. The van der Waals surface area contributed by atoms with E-state index in [9.17, 15) is 9.59 Å². The number of aromatic amines is 1. The van der Waals surface area contributed by atoms with Crippen LogP contribution in [-0.4, -0.2) is 23.3 Å². The van der Waals surface area contributed by atoms with E-state index in [1.54, 1.807) is 0 Å². The van der Waals surface area contributed by atoms with E-state index < -0.39 is 0 Å². The summed E-state index contributed by atoms with van der Waals surface area (Å²) in [5, 5.41) is 6.66. The molecule has 0 unspecified atom stereocenters. The number of anilines is 1. The van der Waals surface area contributed by atoms with Gasteiger partial charge < -0.3 is 15.6 Å². The van der Waals surface area contributed by atoms with Gasteiger partial charge in [0.2, 0.25) is 11.8 Å². The van der Waals surface area contributed by atoms with Crippen molar-refractivity contribution in [3.63, 3.8) is 0 Å². The second-order valence-electron chi connectivity index (χ2n) is 7.05. The summed E-state index contributed by atoms with van der Waals surface area (Å²) < 4.78 is 0. The standard InChI is InChI=1S/C22H25N3O2/c1-13-9-14(2)22(15(3)10-13)25-21(27)12-23-20(26)11-18-16(4)24-19-8-6-5-7-17(18)19/h5-10,24H,11-12H2,1-4H3,(H,23,26)(H,25,27). The normalized spacial score (nSPS) is 10.8. The Kier molecular flexibility index (Phi) is 5.31. The average molecular weight is 363 g/mol. The smallest absolute Gasteiger partial charge is 0.243 e. The van der Waals surface area contributed by atoms with Crippen molar-refractivity contribution in [1.29, 1.82) is 0 Å². The number of rotatable bonds is 5. The van der Waals surface area contributed by atoms with E-state index in [1.807, 2.05) is 64.1 Å². The number of H-pyrrole nitrogens is 1. The fraction of sp³-hybridized carbons (Fsp3) is 0.273. The molecule has 0 radical (unpaired) electrons. The van der Waals surface area contributed by atoms with E-state index in [2.05, 4.69) is 15.6 Å². The highest BCUT2D eigenvalue weighted by molar-refractivity contribution is 5.97. The summed E-state index contributed by atoms with van der Waals surface area (Å²) in [6.07, 6.45) is 0.242. The number of para-hydroxylation sites is 1. The fourth-order valence-electron chi connectivity index (χ4n) is 3.53. The molecule has 0 fully saturated rings. The van der Waals surface area contributed by atoms with Crippen LogP contribution in [0.15, 0.2) is 36.4 Å². The lowest BCUT2D eigenvalue weighted by Crippen LogP contribution is -2.34. The molecule has 0 bridgehead atoms. The molecule has 0 aliphatic heterocycles. The molecular formula is C22H25N3O2. The SMILES string of the molecule is Cc1cc(C)c(NC(=O)CNC(=O)Cc2c(C)[nH]c3ccccc23)c(C)c1. The third-order valence-electron chi connectivity index (χ3n) is 4.75. The number of nitrogens with one attached hydrogen (secondary N) is 3. The van der Waals surface area contributed by atoms with E-state index in [-0.39, 0.29) is 24.8 Å². The average Bonchev–Trinajstić information content (AvgIpc) is 2.92. The lowest BCUT2D eigenvalue weighted by molar-refractivity contribution is -0.123. The van der Waals surface area contributed by atoms with Gasteiger partial charge >= 0.3 is 0 Å². The third-order valence-corrected chi connectivity index (χ3v) is 4.75. The predicted molar refractivity (Wildman–Crippen MR) is 109 cm³/mol. The lowest BCUT2D eigenvalue weighted by atomic mass is 10.1. The zero-order valence-corrected chi connectivity index (χ0v) is 16.2. The first-order valence-electron chi connectivity index (χ1n) is 9.05. The van der Waals surface area contributed by atoms with Crippen molar-refractivity contribution in [1.82, 2.24) is 10.3 Å². The fourth-order valence-corrected chi connectivity index (χ4v) is 3.53. The van der Waals surface area contributed by atoms with Gasteiger partial charge in [-0.3, -0.25) is 9.59 Å². The Morgan fingerprint density at radius 2 is 1.63 bits per heavy atom. The first kappa shape index (κ1) is 18.7. The predicted octanol–water partition coefficient (Wildman–Crippen LogP) is 3.70. The maximum Gasteiger partial charge on any atom is 0.243 e. The number of carbonyl (C=O) groups excluding carboxylic acids is 2. The number of aromatic nitrogens is 1. The Labute approximate surface area is 159 Å². The second kappa shape index (κ2) is 7.66. The number of benzene rings is 2. The van der Waals surface area contributed by atoms with Crippen LogP contribution in [0, 0.1) is 27.7 Å². The number of carbonyl (C=O) groups is 2. The molecule has 0 aliphatic carbocycles. The van der Waals surface area contributed by atoms with Gasteiger partial charge in [-0.15, -0.1) is 0 Å². The quantitative estimate of drug-likeness (QED) is 0.647. The Morgan fingerprint density at radius 3 is 2.33 bits per heavy atom. The van der Waals surface area contributed by atoms with Gasteiger partial charge in [0, 0.05) is 22.3 Å². The Balaban J connectivity index is 1.61. The van der Waals surface area contributed by atoms with Crippen LogP contribution in [0.25, 0.3) is 10.9 Å². The highest BCUT2D eigenvalue weighted by Crippen LogP contribution is 2.23. The Bertz CT molecular complexity index is 995. The Hall–Kier alpha value is -3.08. The van der Waals surface area contributed by atoms with Gasteiger partial charge in [0.1, 0.15) is 0 Å². The van der Waals surface area contributed by atoms with Gasteiger partial charge in [-0.05, 0) is 50.5 Å². The number of hydrogen-bond donors (Lipinski definition) is 3. The van der Waals surface area contributed by atoms with Crippen LogP contribution in [0.2, 0.25) is 0 Å². The van der Waals surface area contributed by atoms with Crippen LogP contribution in [-0.2, 0) is 16.0 Å². The molecule has 27 heavy (non-hydrogen) atoms. The van der Waals surface area contributed by atoms with Crippen molar-refractivity contribution in [3.05, 3.63) is 64.3 Å². The maximum atomic E-state index is 12.3. The molecule has 1 aromatic heterocycles. The number of hydrogen-bond acceptors (Lipinski definition) is 2. The summed E-state index contributed by atoms with van der Waals surface area (Å²) in [5.41, 5.74) is 6.96. The van der Waals surface area contributed by atoms with Crippen LogP contribution in [0.5, 0.6) is 0 Å². The topological polar surface area (TPSA) is 74.0 Å². The third kappa shape index (κ3) is 4.19. The molecule has 2 amide bonds. The van der Waals surface area contributed by atoms with E-state index in [4.69, 9.17) is 0 Å². The van der Waals surface area contributed by atoms with Crippen molar-refractivity contribution < 1.29 is 9.59 Å². The summed E-state index contributed by atoms with van der Waals surface area (Å²) in [7, 11) is 0. The largest absolute Gasteiger partial charge is 0.358 e. The summed E-state index contributed by atoms with van der Waals surface area (Å²) in [5.74, 6) is -0.399. The minimum absolute atomic E-state index is 0.0486. The number of amides is 2. The molecular weight excluding hydrogens is 338 g/mol. The maximum absolute atomic E-state index is 12.3. The molecule has 3 aromatic rings. The van der Waals surface area contributed by atoms with E-state index in [0.29, 0.717) is 0 Å². The van der Waals surface area contributed by atoms with Gasteiger partial charge in [-0.1, -0.05) is 35.9 Å². The lowest BCUT2D eigenvalue weighted by Gasteiger charge is -2.13. The summed E-state index contributed by atoms with van der Waals surface area (Å²) in [4.78, 5) is 27.9. The van der Waals surface area contributed by atoms with Crippen molar-refractivity contribution in [2.24, 2.45) is 0 Å². The van der Waals surface area contributed by atoms with Crippen LogP contribution >= 0.6 is 0 Å². The molecule has 5 heteroatoms. The summed E-state index contributed by atoms with van der Waals surface area (Å²) >= 11 is 0. The summed E-state index contributed by atoms with van der Waals surface area (Å²) in [6, 6.07) is 12.0. The highest BCUT2D eigenvalue weighted by atomic mass is 16.2. The number of fused-ring (bicyclic) bond motifs is 1. The monoisotopic (exact) mass is 363 g/mol. The van der Waals surface area contributed by atoms with E-state index in [1.165, 1.54) is 0 Å². The van der Waals surface area contributed by atoms with Crippen molar-refractivity contribution >= 4 is 28.4 Å². The molecule has 0 spiro atoms. The molecule has 2 aromatic carbocycles. The van der Waals surface area contributed by atoms with Crippen molar-refractivity contribution in [2.75, 3.05) is 11.9 Å². The van der Waals surface area contributed by atoms with Crippen LogP contribution in [0.1, 0.15) is 27.9 Å². The molecule has 140 valence electrons. The summed E-state index contributed by atoms with van der Waals surface area (Å²) in [6.45, 7) is 7.87. The van der Waals surface area contributed by atoms with Gasteiger partial charge in [-0.2, -0.15) is 0 Å². The van der Waals surface area contributed by atoms with Crippen LogP contribution < -0.4 is 10.6 Å². The van der Waals surface area contributed by atoms with Gasteiger partial charge in [-0.25, -0.2) is 0 Å². The first-order chi connectivity index (χ1) is 12.8.